The Hall–Kier alpha value is -3.79. The second-order valence-corrected chi connectivity index (χ2v) is 9.19. The fourth-order valence-corrected chi connectivity index (χ4v) is 5.08. The van der Waals surface area contributed by atoms with E-state index in [1.54, 1.807) is 36.5 Å². The van der Waals surface area contributed by atoms with Crippen LogP contribution in [0.15, 0.2) is 85.2 Å². The predicted molar refractivity (Wildman–Crippen MR) is 146 cm³/mol. The number of methoxy groups -OCH3 is 1. The second-order valence-electron chi connectivity index (χ2n) is 8.40. The second kappa shape index (κ2) is 10.7. The lowest BCUT2D eigenvalue weighted by atomic mass is 10.0. The summed E-state index contributed by atoms with van der Waals surface area (Å²) in [4.78, 5) is 18.5. The van der Waals surface area contributed by atoms with Crippen molar-refractivity contribution in [2.75, 3.05) is 23.9 Å². The lowest BCUT2D eigenvalue weighted by Crippen LogP contribution is -2.30. The molecule has 2 unspecified atom stereocenters. The minimum absolute atomic E-state index is 0.0843. The lowest BCUT2D eigenvalue weighted by Gasteiger charge is -2.29. The number of ether oxygens (including phenoxy) is 1. The summed E-state index contributed by atoms with van der Waals surface area (Å²) in [6, 6.07) is 20.7. The van der Waals surface area contributed by atoms with Crippen molar-refractivity contribution in [3.05, 3.63) is 107 Å². The highest BCUT2D eigenvalue weighted by molar-refractivity contribution is 7.80. The number of benzene rings is 2. The SMILES string of the molecule is COCC(=O)Nc1ccc(N2C(=S)NC(c3ccccn3)C2c2cccn2-c2ccccc2F)cc1Cl. The molecule has 1 saturated heterocycles. The fourth-order valence-electron chi connectivity index (χ4n) is 4.51. The topological polar surface area (TPSA) is 71.4 Å². The molecule has 0 spiro atoms. The van der Waals surface area contributed by atoms with Crippen LogP contribution in [0.25, 0.3) is 5.69 Å². The van der Waals surface area contributed by atoms with Gasteiger partial charge in [-0.25, -0.2) is 4.39 Å². The van der Waals surface area contributed by atoms with Crippen LogP contribution in [0.4, 0.5) is 15.8 Å². The minimum atomic E-state index is -0.387. The summed E-state index contributed by atoms with van der Waals surface area (Å²) in [5.41, 5.74) is 3.18. The number of nitrogens with zero attached hydrogens (tertiary/aromatic N) is 3. The van der Waals surface area contributed by atoms with E-state index in [0.29, 0.717) is 27.2 Å². The molecule has 1 amide bonds. The molecule has 1 aliphatic rings. The van der Waals surface area contributed by atoms with Gasteiger partial charge in [0.1, 0.15) is 18.5 Å². The molecule has 37 heavy (non-hydrogen) atoms. The summed E-state index contributed by atoms with van der Waals surface area (Å²) >= 11 is 12.4. The normalized spacial score (nSPS) is 17.1. The van der Waals surface area contributed by atoms with Gasteiger partial charge in [0.15, 0.2) is 5.11 Å². The third-order valence-corrected chi connectivity index (χ3v) is 6.70. The Morgan fingerprint density at radius 2 is 1.97 bits per heavy atom. The zero-order chi connectivity index (χ0) is 25.9. The first-order valence-electron chi connectivity index (χ1n) is 11.5. The van der Waals surface area contributed by atoms with Crippen LogP contribution in [0.3, 0.4) is 0 Å². The van der Waals surface area contributed by atoms with Gasteiger partial charge in [-0.2, -0.15) is 0 Å². The molecule has 0 saturated carbocycles. The largest absolute Gasteiger partial charge is 0.375 e. The van der Waals surface area contributed by atoms with Crippen LogP contribution in [-0.2, 0) is 9.53 Å². The molecule has 2 aromatic carbocycles. The van der Waals surface area contributed by atoms with Crippen LogP contribution in [0.5, 0.6) is 0 Å². The van der Waals surface area contributed by atoms with E-state index in [0.717, 1.165) is 11.4 Å². The number of aromatic nitrogens is 2. The Balaban J connectivity index is 1.60. The maximum atomic E-state index is 14.8. The van der Waals surface area contributed by atoms with Crippen LogP contribution in [-0.4, -0.2) is 34.3 Å². The van der Waals surface area contributed by atoms with Crippen LogP contribution in [0, 0.1) is 5.82 Å². The van der Waals surface area contributed by atoms with E-state index in [-0.39, 0.29) is 30.4 Å². The summed E-state index contributed by atoms with van der Waals surface area (Å²) in [5, 5.41) is 6.93. The number of hydrogen-bond acceptors (Lipinski definition) is 4. The number of para-hydroxylation sites is 1. The van der Waals surface area contributed by atoms with Gasteiger partial charge in [-0.1, -0.05) is 29.8 Å². The van der Waals surface area contributed by atoms with Gasteiger partial charge in [0, 0.05) is 30.9 Å². The van der Waals surface area contributed by atoms with E-state index < -0.39 is 0 Å². The molecule has 2 atom stereocenters. The molecule has 0 aliphatic carbocycles. The number of halogens is 2. The zero-order valence-corrected chi connectivity index (χ0v) is 21.3. The van der Waals surface area contributed by atoms with Gasteiger partial charge in [-0.3, -0.25) is 9.78 Å². The van der Waals surface area contributed by atoms with Crippen molar-refractivity contribution < 1.29 is 13.9 Å². The van der Waals surface area contributed by atoms with Crippen molar-refractivity contribution in [1.29, 1.82) is 0 Å². The molecule has 1 aliphatic heterocycles. The molecular weight excluding hydrogens is 513 g/mol. The predicted octanol–water partition coefficient (Wildman–Crippen LogP) is 5.43. The third-order valence-electron chi connectivity index (χ3n) is 6.07. The molecule has 0 radical (unpaired) electrons. The van der Waals surface area contributed by atoms with E-state index in [1.807, 2.05) is 52.1 Å². The van der Waals surface area contributed by atoms with Crippen LogP contribution in [0.2, 0.25) is 5.02 Å². The lowest BCUT2D eigenvalue weighted by molar-refractivity contribution is -0.119. The summed E-state index contributed by atoms with van der Waals surface area (Å²) in [7, 11) is 1.45. The molecule has 188 valence electrons. The van der Waals surface area contributed by atoms with Crippen molar-refractivity contribution in [3.8, 4) is 5.69 Å². The maximum absolute atomic E-state index is 14.8. The molecule has 1 fully saturated rings. The van der Waals surface area contributed by atoms with Crippen LogP contribution < -0.4 is 15.5 Å². The summed E-state index contributed by atoms with van der Waals surface area (Å²) in [6.45, 7) is -0.0843. The minimum Gasteiger partial charge on any atom is -0.375 e. The van der Waals surface area contributed by atoms with Gasteiger partial charge < -0.3 is 24.8 Å². The van der Waals surface area contributed by atoms with Crippen LogP contribution in [0.1, 0.15) is 23.5 Å². The summed E-state index contributed by atoms with van der Waals surface area (Å²) < 4.78 is 21.5. The number of pyridine rings is 1. The highest BCUT2D eigenvalue weighted by Crippen LogP contribution is 2.43. The Morgan fingerprint density at radius 3 is 2.70 bits per heavy atom. The quantitative estimate of drug-likeness (QED) is 0.308. The maximum Gasteiger partial charge on any atom is 0.250 e. The highest BCUT2D eigenvalue weighted by atomic mass is 35.5. The highest BCUT2D eigenvalue weighted by Gasteiger charge is 2.42. The molecule has 2 aromatic heterocycles. The average Bonchev–Trinajstić information content (AvgIpc) is 3.50. The molecule has 2 N–H and O–H groups in total. The number of nitrogens with one attached hydrogen (secondary N) is 2. The van der Waals surface area contributed by atoms with Gasteiger partial charge >= 0.3 is 0 Å². The molecular formula is C27H23ClFN5O2S. The molecule has 10 heteroatoms. The molecule has 7 nitrogen and oxygen atoms in total. The zero-order valence-electron chi connectivity index (χ0n) is 19.8. The Bertz CT molecular complexity index is 1450. The number of thiocarbonyl (C=S) groups is 1. The number of carbonyl (C=O) groups excluding carboxylic acids is 1. The van der Waals surface area contributed by atoms with Crippen molar-refractivity contribution in [1.82, 2.24) is 14.9 Å². The van der Waals surface area contributed by atoms with Crippen molar-refractivity contribution in [2.45, 2.75) is 12.1 Å². The van der Waals surface area contributed by atoms with E-state index >= 15 is 0 Å². The number of amides is 1. The number of carbonyl (C=O) groups is 1. The van der Waals surface area contributed by atoms with Crippen molar-refractivity contribution in [3.63, 3.8) is 0 Å². The average molecular weight is 536 g/mol. The van der Waals surface area contributed by atoms with Gasteiger partial charge in [0.05, 0.1) is 28.1 Å². The Morgan fingerprint density at radius 1 is 1.16 bits per heavy atom. The fraction of sp³-hybridized carbons (Fsp3) is 0.148. The third kappa shape index (κ3) is 4.93. The van der Waals surface area contributed by atoms with E-state index in [4.69, 9.17) is 28.6 Å². The van der Waals surface area contributed by atoms with Gasteiger partial charge in [-0.15, -0.1) is 0 Å². The van der Waals surface area contributed by atoms with Gasteiger partial charge in [0.2, 0.25) is 5.91 Å². The smallest absolute Gasteiger partial charge is 0.250 e. The monoisotopic (exact) mass is 535 g/mol. The van der Waals surface area contributed by atoms with Gasteiger partial charge in [0.25, 0.3) is 0 Å². The number of hydrogen-bond donors (Lipinski definition) is 2. The van der Waals surface area contributed by atoms with Crippen molar-refractivity contribution in [2.24, 2.45) is 0 Å². The first-order valence-corrected chi connectivity index (χ1v) is 12.3. The van der Waals surface area contributed by atoms with E-state index in [1.165, 1.54) is 13.2 Å². The standard InChI is InChI=1S/C27H23ClFN5O2S/c1-36-16-24(35)31-20-12-11-17(15-18(20)28)34-26(25(32-27(34)37)21-8-4-5-13-30-21)23-10-6-14-33(23)22-9-3-2-7-19(22)29/h2-15,25-26H,16H2,1H3,(H,31,35)(H,32,37). The number of anilines is 2. The van der Waals surface area contributed by atoms with Crippen molar-refractivity contribution >= 4 is 46.2 Å². The molecule has 0 bridgehead atoms. The van der Waals surface area contributed by atoms with Crippen LogP contribution >= 0.6 is 23.8 Å². The molecule has 3 heterocycles. The van der Waals surface area contributed by atoms with E-state index in [2.05, 4.69) is 15.6 Å². The number of rotatable bonds is 7. The summed E-state index contributed by atoms with van der Waals surface area (Å²) in [6.07, 6.45) is 3.55. The first kappa shape index (κ1) is 24.9. The van der Waals surface area contributed by atoms with E-state index in [9.17, 15) is 9.18 Å². The van der Waals surface area contributed by atoms with Gasteiger partial charge in [-0.05, 0) is 66.8 Å². The Labute approximate surface area is 223 Å². The Kier molecular flexibility index (Phi) is 7.18. The first-order chi connectivity index (χ1) is 18.0. The molecule has 5 rings (SSSR count). The molecule has 4 aromatic rings. The summed E-state index contributed by atoms with van der Waals surface area (Å²) in [5.74, 6) is -0.653.